The lowest BCUT2D eigenvalue weighted by Crippen LogP contribution is -2.17. The smallest absolute Gasteiger partial charge is 0.406 e. The van der Waals surface area contributed by atoms with Crippen molar-refractivity contribution in [2.45, 2.75) is 32.7 Å². The number of amides is 1. The largest absolute Gasteiger partial charge is 0.573 e. The molecule has 10 heteroatoms. The number of carbonyl (C=O) groups is 1. The fourth-order valence-corrected chi connectivity index (χ4v) is 3.23. The lowest BCUT2D eigenvalue weighted by atomic mass is 10.1. The molecule has 0 saturated heterocycles. The molecule has 0 aliphatic rings. The maximum absolute atomic E-state index is 12.3. The fraction of sp³-hybridized carbons (Fsp3) is 0.250. The highest BCUT2D eigenvalue weighted by molar-refractivity contribution is 7.14. The van der Waals surface area contributed by atoms with E-state index in [0.29, 0.717) is 23.5 Å². The first-order valence-electron chi connectivity index (χ1n) is 8.89. The van der Waals surface area contributed by atoms with Gasteiger partial charge >= 0.3 is 6.36 Å². The van der Waals surface area contributed by atoms with Crippen molar-refractivity contribution in [3.63, 3.8) is 0 Å². The number of nitrogens with two attached hydrogens (primary N) is 2. The van der Waals surface area contributed by atoms with Gasteiger partial charge in [-0.05, 0) is 29.7 Å². The minimum Gasteiger partial charge on any atom is -0.406 e. The van der Waals surface area contributed by atoms with Crippen LogP contribution in [0.5, 0.6) is 5.75 Å². The maximum Gasteiger partial charge on any atom is 0.573 e. The van der Waals surface area contributed by atoms with Crippen LogP contribution in [-0.4, -0.2) is 22.5 Å². The van der Waals surface area contributed by atoms with Crippen molar-refractivity contribution in [1.29, 1.82) is 0 Å². The third-order valence-corrected chi connectivity index (χ3v) is 4.70. The van der Waals surface area contributed by atoms with Gasteiger partial charge in [0.25, 0.3) is 0 Å². The number of hydrogen-bond acceptors (Lipinski definition) is 6. The monoisotopic (exact) mass is 438 g/mol. The summed E-state index contributed by atoms with van der Waals surface area (Å²) in [6.07, 6.45) is -3.21. The van der Waals surface area contributed by atoms with Crippen molar-refractivity contribution in [2.75, 3.05) is 0 Å². The molecule has 30 heavy (non-hydrogen) atoms. The quantitative estimate of drug-likeness (QED) is 0.609. The van der Waals surface area contributed by atoms with Gasteiger partial charge in [0.2, 0.25) is 5.91 Å². The molecule has 0 fully saturated rings. The van der Waals surface area contributed by atoms with Gasteiger partial charge in [0.15, 0.2) is 0 Å². The van der Waals surface area contributed by atoms with Crippen LogP contribution < -0.4 is 16.2 Å². The minimum atomic E-state index is -4.72. The first kappa shape index (κ1) is 23.3. The van der Waals surface area contributed by atoms with Crippen molar-refractivity contribution in [3.05, 3.63) is 64.7 Å². The van der Waals surface area contributed by atoms with Crippen molar-refractivity contribution >= 4 is 17.2 Å². The number of aryl methyl sites for hydroxylation is 2. The number of ether oxygens (including phenoxy) is 1. The van der Waals surface area contributed by atoms with E-state index in [1.54, 1.807) is 6.07 Å². The van der Waals surface area contributed by atoms with E-state index in [4.69, 9.17) is 5.73 Å². The van der Waals surface area contributed by atoms with E-state index in [1.807, 2.05) is 24.3 Å². The molecule has 6 nitrogen and oxygen atoms in total. The standard InChI is InChI=1S/C18H16F3N3OS.C2H5NO/c19-18(20,21)25-15-3-1-2-14(10-15)17-24-23-16(26-17)9-8-12-4-6-13(11-22)7-5-12;1-2(3)4/h1-7,10H,8-9,11,22H2;1H3,(H2,3,4). The molecule has 4 N–H and O–H groups in total. The second kappa shape index (κ2) is 10.7. The molecule has 1 heterocycles. The van der Waals surface area contributed by atoms with E-state index in [9.17, 15) is 18.0 Å². The van der Waals surface area contributed by atoms with Gasteiger partial charge in [0.05, 0.1) is 0 Å². The molecule has 0 saturated carbocycles. The van der Waals surface area contributed by atoms with E-state index in [0.717, 1.165) is 17.0 Å². The normalized spacial score (nSPS) is 10.8. The first-order chi connectivity index (χ1) is 14.2. The molecule has 3 aromatic rings. The topological polar surface area (TPSA) is 104 Å². The number of nitrogens with zero attached hydrogens (tertiary/aromatic N) is 2. The van der Waals surface area contributed by atoms with E-state index in [-0.39, 0.29) is 11.7 Å². The molecule has 0 aliphatic carbocycles. The van der Waals surface area contributed by atoms with Crippen LogP contribution >= 0.6 is 11.3 Å². The van der Waals surface area contributed by atoms with Crippen LogP contribution in [0.4, 0.5) is 13.2 Å². The van der Waals surface area contributed by atoms with Gasteiger partial charge in [-0.2, -0.15) is 0 Å². The molecule has 1 amide bonds. The van der Waals surface area contributed by atoms with Gasteiger partial charge < -0.3 is 16.2 Å². The van der Waals surface area contributed by atoms with Gasteiger partial charge in [0.1, 0.15) is 15.8 Å². The zero-order valence-corrected chi connectivity index (χ0v) is 17.0. The molecule has 0 atom stereocenters. The molecule has 0 spiro atoms. The van der Waals surface area contributed by atoms with E-state index in [2.05, 4.69) is 20.7 Å². The van der Waals surface area contributed by atoms with Gasteiger partial charge in [-0.15, -0.1) is 23.4 Å². The summed E-state index contributed by atoms with van der Waals surface area (Å²) in [5, 5.41) is 9.60. The van der Waals surface area contributed by atoms with Crippen molar-refractivity contribution in [2.24, 2.45) is 11.5 Å². The summed E-state index contributed by atoms with van der Waals surface area (Å²) in [7, 11) is 0. The number of carbonyl (C=O) groups excluding carboxylic acids is 1. The lowest BCUT2D eigenvalue weighted by Gasteiger charge is -2.08. The van der Waals surface area contributed by atoms with Crippen LogP contribution in [0.3, 0.4) is 0 Å². The number of aromatic nitrogens is 2. The Labute approximate surface area is 175 Å². The highest BCUT2D eigenvalue weighted by Gasteiger charge is 2.31. The van der Waals surface area contributed by atoms with Crippen LogP contribution in [0.1, 0.15) is 23.1 Å². The molecular weight excluding hydrogens is 417 g/mol. The fourth-order valence-electron chi connectivity index (χ4n) is 2.39. The predicted octanol–water partition coefficient (Wildman–Crippen LogP) is 3.84. The third kappa shape index (κ3) is 8.18. The minimum absolute atomic E-state index is 0.272. The van der Waals surface area contributed by atoms with Crippen molar-refractivity contribution < 1.29 is 22.7 Å². The Morgan fingerprint density at radius 2 is 1.70 bits per heavy atom. The molecule has 0 aliphatic heterocycles. The number of primary amides is 1. The average Bonchev–Trinajstić information content (AvgIpc) is 3.14. The Morgan fingerprint density at radius 3 is 2.30 bits per heavy atom. The Morgan fingerprint density at radius 1 is 1.07 bits per heavy atom. The summed E-state index contributed by atoms with van der Waals surface area (Å²) in [4.78, 5) is 9.22. The Balaban J connectivity index is 0.000000735. The number of alkyl halides is 3. The molecule has 0 bridgehead atoms. The zero-order chi connectivity index (χ0) is 22.1. The van der Waals surface area contributed by atoms with Gasteiger partial charge in [-0.3, -0.25) is 4.79 Å². The van der Waals surface area contributed by atoms with Gasteiger partial charge in [-0.25, -0.2) is 0 Å². The summed E-state index contributed by atoms with van der Waals surface area (Å²) in [5.41, 5.74) is 12.8. The second-order valence-corrected chi connectivity index (χ2v) is 7.27. The number of halogens is 3. The molecule has 0 unspecified atom stereocenters. The van der Waals surface area contributed by atoms with Crippen molar-refractivity contribution in [3.8, 4) is 16.3 Å². The summed E-state index contributed by atoms with van der Waals surface area (Å²) in [6, 6.07) is 13.8. The van der Waals surface area contributed by atoms with E-state index in [1.165, 1.54) is 42.0 Å². The summed E-state index contributed by atoms with van der Waals surface area (Å²) >= 11 is 1.36. The highest BCUT2D eigenvalue weighted by Crippen LogP contribution is 2.29. The zero-order valence-electron chi connectivity index (χ0n) is 16.1. The number of rotatable bonds is 6. The van der Waals surface area contributed by atoms with Crippen LogP contribution in [-0.2, 0) is 24.2 Å². The molecule has 3 rings (SSSR count). The third-order valence-electron chi connectivity index (χ3n) is 3.67. The van der Waals surface area contributed by atoms with Crippen LogP contribution in [0, 0.1) is 0 Å². The highest BCUT2D eigenvalue weighted by atomic mass is 32.1. The molecule has 0 radical (unpaired) electrons. The Kier molecular flexibility index (Phi) is 8.31. The lowest BCUT2D eigenvalue weighted by molar-refractivity contribution is -0.274. The van der Waals surface area contributed by atoms with Crippen molar-refractivity contribution in [1.82, 2.24) is 10.2 Å². The molecule has 2 aromatic carbocycles. The molecular formula is C20H21F3N4O2S. The van der Waals surface area contributed by atoms with E-state index >= 15 is 0 Å². The van der Waals surface area contributed by atoms with Crippen LogP contribution in [0.25, 0.3) is 10.6 Å². The molecule has 160 valence electrons. The Bertz CT molecular complexity index is 955. The summed E-state index contributed by atoms with van der Waals surface area (Å²) in [5.74, 6) is -0.605. The second-order valence-electron chi connectivity index (χ2n) is 6.21. The predicted molar refractivity (Wildman–Crippen MR) is 109 cm³/mol. The Hall–Kier alpha value is -2.98. The van der Waals surface area contributed by atoms with Gasteiger partial charge in [-0.1, -0.05) is 47.7 Å². The number of benzene rings is 2. The van der Waals surface area contributed by atoms with Gasteiger partial charge in [0, 0.05) is 25.5 Å². The van der Waals surface area contributed by atoms with E-state index < -0.39 is 6.36 Å². The maximum atomic E-state index is 12.3. The van der Waals surface area contributed by atoms with Crippen LogP contribution in [0.15, 0.2) is 48.5 Å². The SMILES string of the molecule is CC(N)=O.NCc1ccc(CCc2nnc(-c3cccc(OC(F)(F)F)c3)s2)cc1. The summed E-state index contributed by atoms with van der Waals surface area (Å²) in [6.45, 7) is 1.82. The number of hydrogen-bond donors (Lipinski definition) is 2. The van der Waals surface area contributed by atoms with Crippen LogP contribution in [0.2, 0.25) is 0 Å². The first-order valence-corrected chi connectivity index (χ1v) is 9.70. The summed E-state index contributed by atoms with van der Waals surface area (Å²) < 4.78 is 40.9. The molecule has 1 aromatic heterocycles. The average molecular weight is 438 g/mol.